The SMILES string of the molecule is CCCCC[C@@H](O)c1ccc(N2C(=O)CC[C@@H]2CCCc2ccc(C(=O)O)s2)cc1. The molecule has 1 aromatic carbocycles. The number of hydrogen-bond donors (Lipinski definition) is 2. The van der Waals surface area contributed by atoms with Crippen molar-refractivity contribution >= 4 is 28.9 Å². The number of carbonyl (C=O) groups is 2. The van der Waals surface area contributed by atoms with Gasteiger partial charge in [-0.15, -0.1) is 11.3 Å². The molecule has 2 N–H and O–H groups in total. The first-order valence-corrected chi connectivity index (χ1v) is 11.7. The number of carboxylic acid groups (broad SMARTS) is 1. The van der Waals surface area contributed by atoms with Gasteiger partial charge < -0.3 is 15.1 Å². The molecule has 2 heterocycles. The number of nitrogens with zero attached hydrogens (tertiary/aromatic N) is 1. The van der Waals surface area contributed by atoms with Crippen LogP contribution in [0.1, 0.15) is 84.5 Å². The molecule has 162 valence electrons. The molecule has 1 aromatic heterocycles. The monoisotopic (exact) mass is 429 g/mol. The predicted octanol–water partition coefficient (Wildman–Crippen LogP) is 5.58. The van der Waals surface area contributed by atoms with Crippen molar-refractivity contribution in [3.63, 3.8) is 0 Å². The highest BCUT2D eigenvalue weighted by molar-refractivity contribution is 7.13. The van der Waals surface area contributed by atoms with Crippen LogP contribution in [-0.4, -0.2) is 28.1 Å². The van der Waals surface area contributed by atoms with Gasteiger partial charge in [-0.3, -0.25) is 4.79 Å². The topological polar surface area (TPSA) is 77.8 Å². The van der Waals surface area contributed by atoms with Gasteiger partial charge in [0.2, 0.25) is 5.91 Å². The number of benzene rings is 1. The number of thiophene rings is 1. The second-order valence-electron chi connectivity index (χ2n) is 8.02. The number of aliphatic hydroxyl groups excluding tert-OH is 1. The molecule has 0 spiro atoms. The summed E-state index contributed by atoms with van der Waals surface area (Å²) in [5.74, 6) is -0.724. The van der Waals surface area contributed by atoms with Gasteiger partial charge in [-0.1, -0.05) is 38.3 Å². The lowest BCUT2D eigenvalue weighted by molar-refractivity contribution is -0.117. The van der Waals surface area contributed by atoms with Crippen LogP contribution in [0.2, 0.25) is 0 Å². The van der Waals surface area contributed by atoms with E-state index in [1.165, 1.54) is 11.3 Å². The molecule has 1 fully saturated rings. The zero-order chi connectivity index (χ0) is 21.5. The predicted molar refractivity (Wildman–Crippen MR) is 120 cm³/mol. The highest BCUT2D eigenvalue weighted by atomic mass is 32.1. The van der Waals surface area contributed by atoms with Crippen LogP contribution in [0.25, 0.3) is 0 Å². The Morgan fingerprint density at radius 2 is 1.93 bits per heavy atom. The van der Waals surface area contributed by atoms with Gasteiger partial charge in [-0.05, 0) is 61.9 Å². The Kier molecular flexibility index (Phi) is 8.05. The van der Waals surface area contributed by atoms with Gasteiger partial charge in [0.1, 0.15) is 4.88 Å². The normalized spacial score (nSPS) is 17.5. The van der Waals surface area contributed by atoms with E-state index in [9.17, 15) is 14.7 Å². The van der Waals surface area contributed by atoms with Crippen molar-refractivity contribution in [1.29, 1.82) is 0 Å². The molecule has 0 aliphatic carbocycles. The van der Waals surface area contributed by atoms with Crippen LogP contribution in [0.15, 0.2) is 36.4 Å². The lowest BCUT2D eigenvalue weighted by atomic mass is 10.0. The number of carbonyl (C=O) groups excluding carboxylic acids is 1. The van der Waals surface area contributed by atoms with Crippen molar-refractivity contribution in [3.8, 4) is 0 Å². The highest BCUT2D eigenvalue weighted by Gasteiger charge is 2.31. The number of aromatic carboxylic acids is 1. The van der Waals surface area contributed by atoms with Gasteiger partial charge in [0.15, 0.2) is 0 Å². The van der Waals surface area contributed by atoms with Gasteiger partial charge in [0.05, 0.1) is 6.10 Å². The van der Waals surface area contributed by atoms with Crippen LogP contribution in [-0.2, 0) is 11.2 Å². The first-order chi connectivity index (χ1) is 14.5. The minimum absolute atomic E-state index is 0.153. The molecule has 0 saturated carbocycles. The van der Waals surface area contributed by atoms with Crippen LogP contribution in [0.3, 0.4) is 0 Å². The molecule has 30 heavy (non-hydrogen) atoms. The Morgan fingerprint density at radius 3 is 2.60 bits per heavy atom. The number of anilines is 1. The molecule has 0 unspecified atom stereocenters. The summed E-state index contributed by atoms with van der Waals surface area (Å²) in [6, 6.07) is 11.5. The van der Waals surface area contributed by atoms with E-state index in [-0.39, 0.29) is 11.9 Å². The summed E-state index contributed by atoms with van der Waals surface area (Å²) in [6.07, 6.45) is 7.67. The lowest BCUT2D eigenvalue weighted by Gasteiger charge is -2.25. The summed E-state index contributed by atoms with van der Waals surface area (Å²) in [6.45, 7) is 2.15. The number of rotatable bonds is 11. The van der Waals surface area contributed by atoms with Gasteiger partial charge in [0.25, 0.3) is 0 Å². The number of aliphatic hydroxyl groups is 1. The number of aryl methyl sites for hydroxylation is 1. The maximum Gasteiger partial charge on any atom is 0.345 e. The van der Waals surface area contributed by atoms with E-state index in [2.05, 4.69) is 6.92 Å². The Labute approximate surface area is 182 Å². The summed E-state index contributed by atoms with van der Waals surface area (Å²) in [5, 5.41) is 19.4. The number of amides is 1. The van der Waals surface area contributed by atoms with Gasteiger partial charge in [-0.2, -0.15) is 0 Å². The average Bonchev–Trinajstić information content (AvgIpc) is 3.35. The smallest absolute Gasteiger partial charge is 0.345 e. The zero-order valence-corrected chi connectivity index (χ0v) is 18.4. The average molecular weight is 430 g/mol. The molecular formula is C24H31NO4S. The van der Waals surface area contributed by atoms with Gasteiger partial charge in [0, 0.05) is 23.0 Å². The van der Waals surface area contributed by atoms with Gasteiger partial charge >= 0.3 is 5.97 Å². The minimum Gasteiger partial charge on any atom is -0.477 e. The fraction of sp³-hybridized carbons (Fsp3) is 0.500. The Morgan fingerprint density at radius 1 is 1.17 bits per heavy atom. The number of hydrogen-bond acceptors (Lipinski definition) is 4. The second kappa shape index (κ2) is 10.7. The maximum atomic E-state index is 12.5. The first-order valence-electron chi connectivity index (χ1n) is 10.9. The van der Waals surface area contributed by atoms with Crippen LogP contribution >= 0.6 is 11.3 Å². The van der Waals surface area contributed by atoms with E-state index in [0.717, 1.165) is 67.5 Å². The van der Waals surface area contributed by atoms with E-state index in [1.807, 2.05) is 35.2 Å². The van der Waals surface area contributed by atoms with Gasteiger partial charge in [-0.25, -0.2) is 4.79 Å². The first kappa shape index (κ1) is 22.5. The van der Waals surface area contributed by atoms with Crippen molar-refractivity contribution in [3.05, 3.63) is 51.7 Å². The summed E-state index contributed by atoms with van der Waals surface area (Å²) < 4.78 is 0. The van der Waals surface area contributed by atoms with Crippen LogP contribution in [0, 0.1) is 0 Å². The molecule has 0 bridgehead atoms. The third kappa shape index (κ3) is 5.70. The Hall–Kier alpha value is -2.18. The molecule has 1 aliphatic heterocycles. The molecule has 2 aromatic rings. The molecular weight excluding hydrogens is 398 g/mol. The van der Waals surface area contributed by atoms with Crippen molar-refractivity contribution in [2.24, 2.45) is 0 Å². The summed E-state index contributed by atoms with van der Waals surface area (Å²) in [4.78, 5) is 26.9. The molecule has 6 heteroatoms. The standard InChI is InChI=1S/C24H31NO4S/c1-2-3-4-8-21(26)17-9-11-19(12-10-17)25-18(13-16-23(25)27)6-5-7-20-14-15-22(30-20)24(28)29/h9-12,14-15,18,21,26H,2-8,13,16H2,1H3,(H,28,29)/t18-,21+/m0/s1. The number of carboxylic acids is 1. The Balaban J connectivity index is 1.56. The fourth-order valence-corrected chi connectivity index (χ4v) is 5.01. The van der Waals surface area contributed by atoms with E-state index in [4.69, 9.17) is 5.11 Å². The highest BCUT2D eigenvalue weighted by Crippen LogP contribution is 2.31. The third-order valence-corrected chi connectivity index (χ3v) is 6.93. The fourth-order valence-electron chi connectivity index (χ4n) is 4.12. The van der Waals surface area contributed by atoms with Crippen LogP contribution < -0.4 is 4.90 Å². The molecule has 1 amide bonds. The maximum absolute atomic E-state index is 12.5. The summed E-state index contributed by atoms with van der Waals surface area (Å²) >= 11 is 1.33. The van der Waals surface area contributed by atoms with Crippen molar-refractivity contribution in [2.75, 3.05) is 4.90 Å². The quantitative estimate of drug-likeness (QED) is 0.457. The molecule has 1 aliphatic rings. The molecule has 3 rings (SSSR count). The van der Waals surface area contributed by atoms with E-state index in [0.29, 0.717) is 11.3 Å². The summed E-state index contributed by atoms with van der Waals surface area (Å²) in [5.41, 5.74) is 1.81. The van der Waals surface area contributed by atoms with Crippen LogP contribution in [0.4, 0.5) is 5.69 Å². The molecule has 1 saturated heterocycles. The third-order valence-electron chi connectivity index (χ3n) is 5.80. The zero-order valence-electron chi connectivity index (χ0n) is 17.5. The molecule has 5 nitrogen and oxygen atoms in total. The van der Waals surface area contributed by atoms with Crippen molar-refractivity contribution in [2.45, 2.75) is 76.9 Å². The largest absolute Gasteiger partial charge is 0.477 e. The van der Waals surface area contributed by atoms with Crippen molar-refractivity contribution in [1.82, 2.24) is 0 Å². The van der Waals surface area contributed by atoms with E-state index < -0.39 is 12.1 Å². The van der Waals surface area contributed by atoms with Crippen molar-refractivity contribution < 1.29 is 19.8 Å². The number of unbranched alkanes of at least 4 members (excludes halogenated alkanes) is 2. The summed E-state index contributed by atoms with van der Waals surface area (Å²) in [7, 11) is 0. The Bertz CT molecular complexity index is 845. The molecule has 0 radical (unpaired) electrons. The second-order valence-corrected chi connectivity index (χ2v) is 9.19. The van der Waals surface area contributed by atoms with E-state index in [1.54, 1.807) is 6.07 Å². The molecule has 2 atom stereocenters. The minimum atomic E-state index is -0.877. The lowest BCUT2D eigenvalue weighted by Crippen LogP contribution is -2.32. The van der Waals surface area contributed by atoms with Crippen LogP contribution in [0.5, 0.6) is 0 Å². The van der Waals surface area contributed by atoms with E-state index >= 15 is 0 Å².